The Hall–Kier alpha value is -2.96. The number of para-hydroxylation sites is 2. The van der Waals surface area contributed by atoms with Crippen molar-refractivity contribution in [3.63, 3.8) is 0 Å². The van der Waals surface area contributed by atoms with E-state index in [4.69, 9.17) is 4.74 Å². The summed E-state index contributed by atoms with van der Waals surface area (Å²) in [5.41, 5.74) is 0.137. The van der Waals surface area contributed by atoms with Crippen LogP contribution in [0.1, 0.15) is 6.92 Å². The molecule has 0 unspecified atom stereocenters. The fourth-order valence-corrected chi connectivity index (χ4v) is 1.81. The number of carbonyl (C=O) groups is 2. The maximum Gasteiger partial charge on any atom is 0.262 e. The SMILES string of the molecule is CC(=O)Nc1ccccc1OCC(=O)Nc1cc(F)ccc1F. The molecule has 0 spiro atoms. The highest BCUT2D eigenvalue weighted by atomic mass is 19.1. The lowest BCUT2D eigenvalue weighted by atomic mass is 10.3. The summed E-state index contributed by atoms with van der Waals surface area (Å²) in [5, 5.41) is 4.77. The molecule has 2 amide bonds. The molecule has 0 saturated heterocycles. The number of benzene rings is 2. The normalized spacial score (nSPS) is 10.0. The largest absolute Gasteiger partial charge is 0.482 e. The number of nitrogens with one attached hydrogen (secondary N) is 2. The van der Waals surface area contributed by atoms with Gasteiger partial charge in [-0.15, -0.1) is 0 Å². The first-order chi connectivity index (χ1) is 11.0. The topological polar surface area (TPSA) is 67.4 Å². The third-order valence-corrected chi connectivity index (χ3v) is 2.76. The maximum absolute atomic E-state index is 13.4. The summed E-state index contributed by atoms with van der Waals surface area (Å²) in [5.74, 6) is -2.07. The van der Waals surface area contributed by atoms with Crippen LogP contribution in [0.2, 0.25) is 0 Å². The highest BCUT2D eigenvalue weighted by molar-refractivity contribution is 5.93. The standard InChI is InChI=1S/C16H14F2N2O3/c1-10(21)19-13-4-2-3-5-15(13)23-9-16(22)20-14-8-11(17)6-7-12(14)18/h2-8H,9H2,1H3,(H,19,21)(H,20,22). The lowest BCUT2D eigenvalue weighted by molar-refractivity contribution is -0.118. The van der Waals surface area contributed by atoms with Crippen molar-refractivity contribution in [1.82, 2.24) is 0 Å². The molecule has 0 aliphatic rings. The molecule has 2 N–H and O–H groups in total. The van der Waals surface area contributed by atoms with Gasteiger partial charge in [0.05, 0.1) is 11.4 Å². The lowest BCUT2D eigenvalue weighted by Crippen LogP contribution is -2.21. The summed E-state index contributed by atoms with van der Waals surface area (Å²) in [4.78, 5) is 22.9. The van der Waals surface area contributed by atoms with Crippen molar-refractivity contribution in [1.29, 1.82) is 0 Å². The first-order valence-corrected chi connectivity index (χ1v) is 6.70. The number of amides is 2. The number of halogens is 2. The zero-order valence-corrected chi connectivity index (χ0v) is 12.2. The van der Waals surface area contributed by atoms with Crippen molar-refractivity contribution in [2.45, 2.75) is 6.92 Å². The van der Waals surface area contributed by atoms with Crippen LogP contribution in [0.4, 0.5) is 20.2 Å². The molecular weight excluding hydrogens is 306 g/mol. The van der Waals surface area contributed by atoms with Crippen molar-refractivity contribution < 1.29 is 23.1 Å². The number of ether oxygens (including phenoxy) is 1. The predicted octanol–water partition coefficient (Wildman–Crippen LogP) is 2.94. The van der Waals surface area contributed by atoms with Crippen molar-refractivity contribution in [2.75, 3.05) is 17.2 Å². The molecule has 120 valence electrons. The Morgan fingerprint density at radius 3 is 2.52 bits per heavy atom. The average molecular weight is 320 g/mol. The highest BCUT2D eigenvalue weighted by Gasteiger charge is 2.10. The minimum Gasteiger partial charge on any atom is -0.482 e. The lowest BCUT2D eigenvalue weighted by Gasteiger charge is -2.12. The molecule has 2 aromatic carbocycles. The molecule has 0 saturated carbocycles. The Balaban J connectivity index is 1.99. The van der Waals surface area contributed by atoms with Crippen LogP contribution in [0.15, 0.2) is 42.5 Å². The minimum atomic E-state index is -0.751. The molecular formula is C16H14F2N2O3. The molecule has 0 heterocycles. The monoisotopic (exact) mass is 320 g/mol. The zero-order chi connectivity index (χ0) is 16.8. The third-order valence-electron chi connectivity index (χ3n) is 2.76. The molecule has 0 aliphatic carbocycles. The van der Waals surface area contributed by atoms with Gasteiger partial charge in [0.15, 0.2) is 6.61 Å². The summed E-state index contributed by atoms with van der Waals surface area (Å²) >= 11 is 0. The fourth-order valence-electron chi connectivity index (χ4n) is 1.81. The third kappa shape index (κ3) is 4.77. The van der Waals surface area contributed by atoms with Gasteiger partial charge in [-0.05, 0) is 24.3 Å². The van der Waals surface area contributed by atoms with Crippen LogP contribution in [-0.4, -0.2) is 18.4 Å². The van der Waals surface area contributed by atoms with E-state index >= 15 is 0 Å². The van der Waals surface area contributed by atoms with E-state index in [1.54, 1.807) is 24.3 Å². The summed E-state index contributed by atoms with van der Waals surface area (Å²) < 4.78 is 31.8. The van der Waals surface area contributed by atoms with E-state index < -0.39 is 24.1 Å². The second kappa shape index (κ2) is 7.35. The van der Waals surface area contributed by atoms with E-state index in [9.17, 15) is 18.4 Å². The van der Waals surface area contributed by atoms with Gasteiger partial charge in [-0.2, -0.15) is 0 Å². The first-order valence-electron chi connectivity index (χ1n) is 6.70. The number of carbonyl (C=O) groups excluding carboxylic acids is 2. The Morgan fingerprint density at radius 1 is 1.04 bits per heavy atom. The number of anilines is 2. The summed E-state index contributed by atoms with van der Waals surface area (Å²) in [6.07, 6.45) is 0. The number of hydrogen-bond donors (Lipinski definition) is 2. The van der Waals surface area contributed by atoms with Crippen LogP contribution in [0.25, 0.3) is 0 Å². The average Bonchev–Trinajstić information content (AvgIpc) is 2.49. The molecule has 0 aliphatic heterocycles. The van der Waals surface area contributed by atoms with Crippen LogP contribution < -0.4 is 15.4 Å². The van der Waals surface area contributed by atoms with Gasteiger partial charge < -0.3 is 15.4 Å². The Kier molecular flexibility index (Phi) is 5.24. The Morgan fingerprint density at radius 2 is 1.78 bits per heavy atom. The molecule has 5 nitrogen and oxygen atoms in total. The molecule has 2 rings (SSSR count). The number of hydrogen-bond acceptors (Lipinski definition) is 3. The minimum absolute atomic E-state index is 0.270. The van der Waals surface area contributed by atoms with Crippen LogP contribution in [0, 0.1) is 11.6 Å². The molecule has 23 heavy (non-hydrogen) atoms. The first kappa shape index (κ1) is 16.4. The zero-order valence-electron chi connectivity index (χ0n) is 12.2. The van der Waals surface area contributed by atoms with Gasteiger partial charge in [0, 0.05) is 13.0 Å². The highest BCUT2D eigenvalue weighted by Crippen LogP contribution is 2.23. The fraction of sp³-hybridized carbons (Fsp3) is 0.125. The molecule has 0 aromatic heterocycles. The number of rotatable bonds is 5. The van der Waals surface area contributed by atoms with E-state index in [1.165, 1.54) is 6.92 Å². The van der Waals surface area contributed by atoms with Crippen LogP contribution in [0.5, 0.6) is 5.75 Å². The molecule has 0 atom stereocenters. The Bertz CT molecular complexity index is 735. The summed E-state index contributed by atoms with van der Waals surface area (Å²) in [6, 6.07) is 9.29. The van der Waals surface area contributed by atoms with Crippen LogP contribution >= 0.6 is 0 Å². The molecule has 7 heteroatoms. The second-order valence-corrected chi connectivity index (χ2v) is 4.64. The molecule has 0 bridgehead atoms. The second-order valence-electron chi connectivity index (χ2n) is 4.64. The van der Waals surface area contributed by atoms with Crippen molar-refractivity contribution >= 4 is 23.2 Å². The van der Waals surface area contributed by atoms with Gasteiger partial charge in [0.1, 0.15) is 17.4 Å². The van der Waals surface area contributed by atoms with Gasteiger partial charge >= 0.3 is 0 Å². The van der Waals surface area contributed by atoms with Gasteiger partial charge in [0.25, 0.3) is 5.91 Å². The van der Waals surface area contributed by atoms with E-state index in [-0.39, 0.29) is 17.3 Å². The van der Waals surface area contributed by atoms with Crippen molar-refractivity contribution in [3.05, 3.63) is 54.1 Å². The van der Waals surface area contributed by atoms with Gasteiger partial charge in [-0.1, -0.05) is 12.1 Å². The molecule has 0 fully saturated rings. The molecule has 2 aromatic rings. The smallest absolute Gasteiger partial charge is 0.262 e. The van der Waals surface area contributed by atoms with E-state index in [1.807, 2.05) is 0 Å². The van der Waals surface area contributed by atoms with E-state index in [0.29, 0.717) is 5.69 Å². The quantitative estimate of drug-likeness (QED) is 0.890. The van der Waals surface area contributed by atoms with Gasteiger partial charge in [0.2, 0.25) is 5.91 Å². The summed E-state index contributed by atoms with van der Waals surface area (Å²) in [7, 11) is 0. The Labute approximate surface area is 131 Å². The van der Waals surface area contributed by atoms with Gasteiger partial charge in [-0.3, -0.25) is 9.59 Å². The van der Waals surface area contributed by atoms with Crippen LogP contribution in [0.3, 0.4) is 0 Å². The maximum atomic E-state index is 13.4. The van der Waals surface area contributed by atoms with E-state index in [2.05, 4.69) is 10.6 Å². The van der Waals surface area contributed by atoms with Crippen LogP contribution in [-0.2, 0) is 9.59 Å². The van der Waals surface area contributed by atoms with E-state index in [0.717, 1.165) is 18.2 Å². The van der Waals surface area contributed by atoms with Crippen molar-refractivity contribution in [3.8, 4) is 5.75 Å². The summed E-state index contributed by atoms with van der Waals surface area (Å²) in [6.45, 7) is 0.919. The molecule has 0 radical (unpaired) electrons. The van der Waals surface area contributed by atoms with Crippen molar-refractivity contribution in [2.24, 2.45) is 0 Å². The predicted molar refractivity (Wildman–Crippen MR) is 81.2 cm³/mol. The van der Waals surface area contributed by atoms with Gasteiger partial charge in [-0.25, -0.2) is 8.78 Å².